The molecule has 1 aromatic rings. The van der Waals surface area contributed by atoms with Gasteiger partial charge in [0.25, 0.3) is 0 Å². The number of hydrogen-bond donors (Lipinski definition) is 2. The molecule has 0 saturated heterocycles. The Morgan fingerprint density at radius 1 is 1.24 bits per heavy atom. The molecule has 2 N–H and O–H groups in total. The van der Waals surface area contributed by atoms with Crippen molar-refractivity contribution < 1.29 is 14.7 Å². The van der Waals surface area contributed by atoms with Crippen molar-refractivity contribution in [2.45, 2.75) is 6.42 Å². The Hall–Kier alpha value is -1.33. The number of amides is 1. The van der Waals surface area contributed by atoms with Gasteiger partial charge in [-0.3, -0.25) is 9.59 Å². The molecule has 3 rings (SSSR count). The number of benzene rings is 1. The van der Waals surface area contributed by atoms with Gasteiger partial charge in [0.1, 0.15) is 0 Å². The van der Waals surface area contributed by atoms with Crippen LogP contribution in [0, 0.1) is 23.7 Å². The van der Waals surface area contributed by atoms with Gasteiger partial charge in [0, 0.05) is 0 Å². The SMILES string of the molecule is O=C(O)C1C2C=CC(C2)C1C(=O)Nc1cccc(Cl)c1Br. The highest BCUT2D eigenvalue weighted by molar-refractivity contribution is 9.10. The minimum absolute atomic E-state index is 0.00839. The molecule has 0 radical (unpaired) electrons. The van der Waals surface area contributed by atoms with Crippen molar-refractivity contribution in [1.29, 1.82) is 0 Å². The summed E-state index contributed by atoms with van der Waals surface area (Å²) in [5.41, 5.74) is 0.559. The highest BCUT2D eigenvalue weighted by Crippen LogP contribution is 2.48. The number of fused-ring (bicyclic) bond motifs is 2. The predicted octanol–water partition coefficient (Wildman–Crippen LogP) is 3.56. The van der Waals surface area contributed by atoms with Crippen molar-refractivity contribution in [1.82, 2.24) is 0 Å². The maximum Gasteiger partial charge on any atom is 0.307 e. The average molecular weight is 371 g/mol. The molecule has 4 unspecified atom stereocenters. The molecule has 6 heteroatoms. The van der Waals surface area contributed by atoms with Crippen molar-refractivity contribution >= 4 is 45.1 Å². The Labute approximate surface area is 135 Å². The van der Waals surface area contributed by atoms with Crippen molar-refractivity contribution in [3.05, 3.63) is 39.8 Å². The van der Waals surface area contributed by atoms with E-state index in [4.69, 9.17) is 11.6 Å². The van der Waals surface area contributed by atoms with E-state index in [0.29, 0.717) is 15.2 Å². The lowest BCUT2D eigenvalue weighted by atomic mass is 9.82. The number of carbonyl (C=O) groups is 2. The fourth-order valence-electron chi connectivity index (χ4n) is 3.33. The van der Waals surface area contributed by atoms with E-state index in [-0.39, 0.29) is 17.7 Å². The van der Waals surface area contributed by atoms with Crippen LogP contribution in [0.3, 0.4) is 0 Å². The molecule has 21 heavy (non-hydrogen) atoms. The molecule has 0 heterocycles. The van der Waals surface area contributed by atoms with E-state index >= 15 is 0 Å². The second-order valence-corrected chi connectivity index (χ2v) is 6.63. The van der Waals surface area contributed by atoms with Crippen LogP contribution in [0.2, 0.25) is 5.02 Å². The molecule has 2 aliphatic rings. The summed E-state index contributed by atoms with van der Waals surface area (Å²) in [6, 6.07) is 5.17. The molecule has 0 aromatic heterocycles. The summed E-state index contributed by atoms with van der Waals surface area (Å²) in [7, 11) is 0. The van der Waals surface area contributed by atoms with Crippen LogP contribution in [0.1, 0.15) is 6.42 Å². The van der Waals surface area contributed by atoms with Gasteiger partial charge in [-0.15, -0.1) is 0 Å². The number of allylic oxidation sites excluding steroid dienone is 2. The largest absolute Gasteiger partial charge is 0.481 e. The maximum absolute atomic E-state index is 12.5. The topological polar surface area (TPSA) is 66.4 Å². The van der Waals surface area contributed by atoms with E-state index in [1.54, 1.807) is 18.2 Å². The molecule has 0 spiro atoms. The first kappa shape index (κ1) is 14.6. The van der Waals surface area contributed by atoms with Gasteiger partial charge in [-0.1, -0.05) is 29.8 Å². The number of nitrogens with one attached hydrogen (secondary N) is 1. The van der Waals surface area contributed by atoms with Crippen LogP contribution >= 0.6 is 27.5 Å². The highest BCUT2D eigenvalue weighted by Gasteiger charge is 2.51. The van der Waals surface area contributed by atoms with Crippen LogP contribution in [0.25, 0.3) is 0 Å². The minimum atomic E-state index is -0.905. The molecular formula is C15H13BrClNO3. The zero-order chi connectivity index (χ0) is 15.1. The van der Waals surface area contributed by atoms with Gasteiger partial charge in [0.05, 0.1) is 27.0 Å². The number of halogens is 2. The molecule has 2 aliphatic carbocycles. The second-order valence-electron chi connectivity index (χ2n) is 5.43. The van der Waals surface area contributed by atoms with Crippen LogP contribution < -0.4 is 5.32 Å². The molecule has 1 fully saturated rings. The van der Waals surface area contributed by atoms with Gasteiger partial charge in [0.2, 0.25) is 5.91 Å². The monoisotopic (exact) mass is 369 g/mol. The number of aliphatic carboxylic acids is 1. The number of anilines is 1. The summed E-state index contributed by atoms with van der Waals surface area (Å²) in [5, 5.41) is 12.7. The predicted molar refractivity (Wildman–Crippen MR) is 83.1 cm³/mol. The third-order valence-corrected chi connectivity index (χ3v) is 5.65. The van der Waals surface area contributed by atoms with Crippen LogP contribution in [0.5, 0.6) is 0 Å². The van der Waals surface area contributed by atoms with E-state index in [1.807, 2.05) is 12.2 Å². The summed E-state index contributed by atoms with van der Waals surface area (Å²) in [6.45, 7) is 0. The lowest BCUT2D eigenvalue weighted by Gasteiger charge is -2.24. The molecule has 2 bridgehead atoms. The van der Waals surface area contributed by atoms with Crippen LogP contribution in [0.15, 0.2) is 34.8 Å². The Balaban J connectivity index is 1.84. The van der Waals surface area contributed by atoms with Gasteiger partial charge >= 0.3 is 5.97 Å². The fraction of sp³-hybridized carbons (Fsp3) is 0.333. The smallest absolute Gasteiger partial charge is 0.307 e. The van der Waals surface area contributed by atoms with Gasteiger partial charge < -0.3 is 10.4 Å². The van der Waals surface area contributed by atoms with Gasteiger partial charge in [-0.2, -0.15) is 0 Å². The number of rotatable bonds is 3. The molecular weight excluding hydrogens is 358 g/mol. The summed E-state index contributed by atoms with van der Waals surface area (Å²) < 4.78 is 0.602. The third kappa shape index (κ3) is 2.49. The van der Waals surface area contributed by atoms with Gasteiger partial charge in [-0.05, 0) is 46.3 Å². The van der Waals surface area contributed by atoms with E-state index in [0.717, 1.165) is 6.42 Å². The molecule has 4 atom stereocenters. The minimum Gasteiger partial charge on any atom is -0.481 e. The summed E-state index contributed by atoms with van der Waals surface area (Å²) in [5.74, 6) is -2.36. The normalized spacial score (nSPS) is 29.6. The van der Waals surface area contributed by atoms with Crippen molar-refractivity contribution in [3.63, 3.8) is 0 Å². The lowest BCUT2D eigenvalue weighted by molar-refractivity contribution is -0.146. The van der Waals surface area contributed by atoms with Gasteiger partial charge in [0.15, 0.2) is 0 Å². The second kappa shape index (κ2) is 5.46. The first-order valence-electron chi connectivity index (χ1n) is 6.65. The summed E-state index contributed by atoms with van der Waals surface area (Å²) in [4.78, 5) is 23.9. The molecule has 1 amide bonds. The Kier molecular flexibility index (Phi) is 3.80. The van der Waals surface area contributed by atoms with E-state index in [2.05, 4.69) is 21.2 Å². The highest BCUT2D eigenvalue weighted by atomic mass is 79.9. The van der Waals surface area contributed by atoms with Crippen molar-refractivity contribution in [3.8, 4) is 0 Å². The Morgan fingerprint density at radius 3 is 2.57 bits per heavy atom. The molecule has 110 valence electrons. The molecule has 1 aromatic carbocycles. The first-order chi connectivity index (χ1) is 9.99. The van der Waals surface area contributed by atoms with Gasteiger partial charge in [-0.25, -0.2) is 0 Å². The zero-order valence-electron chi connectivity index (χ0n) is 10.9. The zero-order valence-corrected chi connectivity index (χ0v) is 13.3. The molecule has 1 saturated carbocycles. The van der Waals surface area contributed by atoms with Crippen LogP contribution in [-0.4, -0.2) is 17.0 Å². The lowest BCUT2D eigenvalue weighted by Crippen LogP contribution is -2.36. The maximum atomic E-state index is 12.5. The first-order valence-corrected chi connectivity index (χ1v) is 7.82. The van der Waals surface area contributed by atoms with E-state index < -0.39 is 17.8 Å². The Morgan fingerprint density at radius 2 is 1.90 bits per heavy atom. The number of carboxylic acids is 1. The summed E-state index contributed by atoms with van der Waals surface area (Å²) in [6.07, 6.45) is 4.62. The summed E-state index contributed by atoms with van der Waals surface area (Å²) >= 11 is 9.32. The molecule has 0 aliphatic heterocycles. The van der Waals surface area contributed by atoms with Crippen molar-refractivity contribution in [2.75, 3.05) is 5.32 Å². The van der Waals surface area contributed by atoms with Crippen LogP contribution in [-0.2, 0) is 9.59 Å². The quantitative estimate of drug-likeness (QED) is 0.800. The van der Waals surface area contributed by atoms with Crippen molar-refractivity contribution in [2.24, 2.45) is 23.7 Å². The number of carboxylic acid groups (broad SMARTS) is 1. The number of carbonyl (C=O) groups excluding carboxylic acids is 1. The fourth-order valence-corrected chi connectivity index (χ4v) is 3.87. The standard InChI is InChI=1S/C15H13BrClNO3/c16-13-9(17)2-1-3-10(13)18-14(19)11-7-4-5-8(6-7)12(11)15(20)21/h1-5,7-8,11-12H,6H2,(H,18,19)(H,20,21). The third-order valence-electron chi connectivity index (χ3n) is 4.26. The average Bonchev–Trinajstić information content (AvgIpc) is 3.04. The Bertz CT molecular complexity index is 646. The number of hydrogen-bond acceptors (Lipinski definition) is 2. The van der Waals surface area contributed by atoms with E-state index in [1.165, 1.54) is 0 Å². The van der Waals surface area contributed by atoms with Crippen LogP contribution in [0.4, 0.5) is 5.69 Å². The van der Waals surface area contributed by atoms with E-state index in [9.17, 15) is 14.7 Å². The molecule has 4 nitrogen and oxygen atoms in total.